The molecule has 2 aromatic rings. The molecule has 0 fully saturated rings. The van der Waals surface area contributed by atoms with Crippen molar-refractivity contribution in [2.24, 2.45) is 0 Å². The number of hydrogen-bond acceptors (Lipinski definition) is 3. The standard InChI is InChI=1S/C16H18ClNO2.ClH/c1-18-10-13-5-8-15(16(9-13)19-2)20-11-12-3-6-14(17)7-4-12;/h3-9,18H,10-11H2,1-2H3;1H. The normalized spacial score (nSPS) is 9.86. The van der Waals surface area contributed by atoms with Crippen LogP contribution in [-0.2, 0) is 13.2 Å². The summed E-state index contributed by atoms with van der Waals surface area (Å²) in [5.74, 6) is 1.48. The monoisotopic (exact) mass is 327 g/mol. The van der Waals surface area contributed by atoms with Gasteiger partial charge in [-0.1, -0.05) is 29.8 Å². The van der Waals surface area contributed by atoms with Crippen LogP contribution >= 0.6 is 24.0 Å². The molecule has 0 aromatic heterocycles. The van der Waals surface area contributed by atoms with Crippen LogP contribution in [0.4, 0.5) is 0 Å². The summed E-state index contributed by atoms with van der Waals surface area (Å²) in [6, 6.07) is 13.5. The quantitative estimate of drug-likeness (QED) is 0.867. The first-order valence-corrected chi connectivity index (χ1v) is 6.79. The Balaban J connectivity index is 0.00000220. The number of rotatable bonds is 6. The second kappa shape index (κ2) is 8.78. The van der Waals surface area contributed by atoms with Gasteiger partial charge in [0.25, 0.3) is 0 Å². The van der Waals surface area contributed by atoms with Crippen LogP contribution in [0, 0.1) is 0 Å². The van der Waals surface area contributed by atoms with E-state index in [9.17, 15) is 0 Å². The molecule has 3 nitrogen and oxygen atoms in total. The van der Waals surface area contributed by atoms with E-state index in [-0.39, 0.29) is 12.4 Å². The largest absolute Gasteiger partial charge is 0.493 e. The minimum atomic E-state index is 0. The van der Waals surface area contributed by atoms with Gasteiger partial charge in [0.15, 0.2) is 11.5 Å². The minimum Gasteiger partial charge on any atom is -0.493 e. The van der Waals surface area contributed by atoms with Crippen LogP contribution in [0.25, 0.3) is 0 Å². The van der Waals surface area contributed by atoms with Gasteiger partial charge in [0.1, 0.15) is 6.61 Å². The summed E-state index contributed by atoms with van der Waals surface area (Å²) >= 11 is 5.86. The molecule has 5 heteroatoms. The average molecular weight is 328 g/mol. The fraction of sp³-hybridized carbons (Fsp3) is 0.250. The molecule has 0 atom stereocenters. The molecule has 1 N–H and O–H groups in total. The molecular formula is C16H19Cl2NO2. The highest BCUT2D eigenvalue weighted by molar-refractivity contribution is 6.30. The van der Waals surface area contributed by atoms with E-state index >= 15 is 0 Å². The summed E-state index contributed by atoms with van der Waals surface area (Å²) in [6.45, 7) is 1.28. The topological polar surface area (TPSA) is 30.5 Å². The summed E-state index contributed by atoms with van der Waals surface area (Å²) in [5, 5.41) is 3.83. The molecule has 0 aliphatic rings. The third kappa shape index (κ3) is 5.12. The SMILES string of the molecule is CNCc1ccc(OCc2ccc(Cl)cc2)c(OC)c1.Cl. The lowest BCUT2D eigenvalue weighted by Gasteiger charge is -2.12. The van der Waals surface area contributed by atoms with E-state index < -0.39 is 0 Å². The smallest absolute Gasteiger partial charge is 0.161 e. The second-order valence-electron chi connectivity index (χ2n) is 4.43. The highest BCUT2D eigenvalue weighted by atomic mass is 35.5. The molecule has 0 spiro atoms. The molecule has 0 heterocycles. The van der Waals surface area contributed by atoms with Gasteiger partial charge in [-0.2, -0.15) is 0 Å². The van der Waals surface area contributed by atoms with Gasteiger partial charge < -0.3 is 14.8 Å². The molecule has 0 saturated heterocycles. The van der Waals surface area contributed by atoms with Crippen LogP contribution in [0.2, 0.25) is 5.02 Å². The Kier molecular flexibility index (Phi) is 7.37. The van der Waals surface area contributed by atoms with E-state index in [1.807, 2.05) is 49.5 Å². The van der Waals surface area contributed by atoms with Crippen molar-refractivity contribution in [1.82, 2.24) is 5.32 Å². The average Bonchev–Trinajstić information content (AvgIpc) is 2.47. The Morgan fingerprint density at radius 2 is 1.67 bits per heavy atom. The maximum absolute atomic E-state index is 5.86. The molecule has 2 aromatic carbocycles. The highest BCUT2D eigenvalue weighted by Gasteiger charge is 2.06. The zero-order valence-electron chi connectivity index (χ0n) is 12.1. The number of methoxy groups -OCH3 is 1. The third-order valence-electron chi connectivity index (χ3n) is 2.92. The lowest BCUT2D eigenvalue weighted by atomic mass is 10.2. The van der Waals surface area contributed by atoms with Crippen molar-refractivity contribution in [3.8, 4) is 11.5 Å². The summed E-state index contributed by atoms with van der Waals surface area (Å²) in [4.78, 5) is 0. The van der Waals surface area contributed by atoms with E-state index in [0.717, 1.165) is 34.2 Å². The second-order valence-corrected chi connectivity index (χ2v) is 4.87. The van der Waals surface area contributed by atoms with Crippen molar-refractivity contribution in [2.75, 3.05) is 14.2 Å². The summed E-state index contributed by atoms with van der Waals surface area (Å²) in [7, 11) is 3.56. The summed E-state index contributed by atoms with van der Waals surface area (Å²) in [5.41, 5.74) is 2.22. The predicted octanol–water partition coefficient (Wildman–Crippen LogP) is 4.07. The van der Waals surface area contributed by atoms with Gasteiger partial charge in [-0.25, -0.2) is 0 Å². The Hall–Kier alpha value is -1.42. The summed E-state index contributed by atoms with van der Waals surface area (Å²) < 4.78 is 11.2. The summed E-state index contributed by atoms with van der Waals surface area (Å²) in [6.07, 6.45) is 0. The van der Waals surface area contributed by atoms with Crippen molar-refractivity contribution in [3.05, 3.63) is 58.6 Å². The van der Waals surface area contributed by atoms with Crippen LogP contribution in [0.1, 0.15) is 11.1 Å². The van der Waals surface area contributed by atoms with Crippen LogP contribution in [0.5, 0.6) is 11.5 Å². The van der Waals surface area contributed by atoms with E-state index in [4.69, 9.17) is 21.1 Å². The van der Waals surface area contributed by atoms with Gasteiger partial charge in [0, 0.05) is 11.6 Å². The Bertz CT molecular complexity index is 559. The minimum absolute atomic E-state index is 0. The number of nitrogens with one attached hydrogen (secondary N) is 1. The van der Waals surface area contributed by atoms with Crippen LogP contribution in [0.3, 0.4) is 0 Å². The molecule has 0 bridgehead atoms. The van der Waals surface area contributed by atoms with E-state index in [1.54, 1.807) is 7.11 Å². The lowest BCUT2D eigenvalue weighted by Crippen LogP contribution is -2.05. The zero-order chi connectivity index (χ0) is 14.4. The van der Waals surface area contributed by atoms with Gasteiger partial charge in [-0.3, -0.25) is 0 Å². The van der Waals surface area contributed by atoms with Gasteiger partial charge in [0.2, 0.25) is 0 Å². The molecule has 0 aliphatic carbocycles. The van der Waals surface area contributed by atoms with E-state index in [0.29, 0.717) is 6.61 Å². The van der Waals surface area contributed by atoms with Gasteiger partial charge in [-0.05, 0) is 42.4 Å². The molecule has 0 unspecified atom stereocenters. The number of benzene rings is 2. The van der Waals surface area contributed by atoms with Crippen LogP contribution in [0.15, 0.2) is 42.5 Å². The van der Waals surface area contributed by atoms with Crippen molar-refractivity contribution < 1.29 is 9.47 Å². The maximum Gasteiger partial charge on any atom is 0.161 e. The maximum atomic E-state index is 5.86. The molecule has 2 rings (SSSR count). The first kappa shape index (κ1) is 17.6. The molecule has 0 amide bonds. The van der Waals surface area contributed by atoms with E-state index in [1.165, 1.54) is 0 Å². The first-order valence-electron chi connectivity index (χ1n) is 6.41. The van der Waals surface area contributed by atoms with Crippen molar-refractivity contribution in [3.63, 3.8) is 0 Å². The molecule has 0 aliphatic heterocycles. The van der Waals surface area contributed by atoms with Gasteiger partial charge in [0.05, 0.1) is 7.11 Å². The van der Waals surface area contributed by atoms with Crippen molar-refractivity contribution >= 4 is 24.0 Å². The van der Waals surface area contributed by atoms with E-state index in [2.05, 4.69) is 5.32 Å². The Labute approximate surface area is 136 Å². The molecular weight excluding hydrogens is 309 g/mol. The number of ether oxygens (including phenoxy) is 2. The molecule has 114 valence electrons. The zero-order valence-corrected chi connectivity index (χ0v) is 13.6. The third-order valence-corrected chi connectivity index (χ3v) is 3.17. The van der Waals surface area contributed by atoms with Gasteiger partial charge in [-0.15, -0.1) is 12.4 Å². The fourth-order valence-corrected chi connectivity index (χ4v) is 2.01. The fourth-order valence-electron chi connectivity index (χ4n) is 1.89. The lowest BCUT2D eigenvalue weighted by molar-refractivity contribution is 0.284. The van der Waals surface area contributed by atoms with Crippen molar-refractivity contribution in [1.29, 1.82) is 0 Å². The molecule has 21 heavy (non-hydrogen) atoms. The predicted molar refractivity (Wildman–Crippen MR) is 88.8 cm³/mol. The van der Waals surface area contributed by atoms with Crippen molar-refractivity contribution in [2.45, 2.75) is 13.2 Å². The highest BCUT2D eigenvalue weighted by Crippen LogP contribution is 2.28. The molecule has 0 saturated carbocycles. The molecule has 0 radical (unpaired) electrons. The number of hydrogen-bond donors (Lipinski definition) is 1. The van der Waals surface area contributed by atoms with Crippen LogP contribution in [-0.4, -0.2) is 14.2 Å². The van der Waals surface area contributed by atoms with Gasteiger partial charge >= 0.3 is 0 Å². The number of halogens is 2. The Morgan fingerprint density at radius 3 is 2.29 bits per heavy atom. The van der Waals surface area contributed by atoms with Crippen LogP contribution < -0.4 is 14.8 Å². The first-order chi connectivity index (χ1) is 9.72. The Morgan fingerprint density at radius 1 is 1.00 bits per heavy atom.